The summed E-state index contributed by atoms with van der Waals surface area (Å²) in [5.41, 5.74) is 0. The number of esters is 3. The summed E-state index contributed by atoms with van der Waals surface area (Å²) >= 11 is 0. The van der Waals surface area contributed by atoms with Crippen molar-refractivity contribution >= 4 is 23.8 Å². The maximum atomic E-state index is 12.3. The topological polar surface area (TPSA) is 117 Å². The lowest BCUT2D eigenvalue weighted by Crippen LogP contribution is -2.61. The van der Waals surface area contributed by atoms with E-state index in [1.54, 1.807) is 0 Å². The van der Waals surface area contributed by atoms with Crippen molar-refractivity contribution in [3.05, 3.63) is 6.61 Å². The number of carbonyl (C=O) groups is 4. The largest absolute Gasteiger partial charge is 0.463 e. The molecule has 1 fully saturated rings. The molecule has 0 aromatic rings. The molecule has 1 rings (SSSR count). The molecule has 0 unspecified atom stereocenters. The third-order valence-corrected chi connectivity index (χ3v) is 4.55. The van der Waals surface area contributed by atoms with E-state index in [4.69, 9.17) is 18.9 Å². The van der Waals surface area contributed by atoms with Gasteiger partial charge in [-0.1, -0.05) is 27.7 Å². The molecular formula is C22H36NO8. The first kappa shape index (κ1) is 26.9. The van der Waals surface area contributed by atoms with Crippen molar-refractivity contribution in [1.82, 2.24) is 5.32 Å². The van der Waals surface area contributed by atoms with Crippen LogP contribution in [-0.2, 0) is 38.1 Å². The van der Waals surface area contributed by atoms with Crippen LogP contribution < -0.4 is 5.32 Å². The van der Waals surface area contributed by atoms with E-state index in [2.05, 4.69) is 5.32 Å². The molecule has 0 bridgehead atoms. The van der Waals surface area contributed by atoms with E-state index in [-0.39, 0.29) is 38.2 Å². The maximum absolute atomic E-state index is 12.3. The SMILES string of the molecule is CCCC(=O)N[C@H]1[CH]O[C@H](COC(=O)CCC)[C@@H](OC(=O)CCC)[C@@H]1OC(=O)CCC. The van der Waals surface area contributed by atoms with Crippen molar-refractivity contribution in [2.24, 2.45) is 0 Å². The average molecular weight is 443 g/mol. The van der Waals surface area contributed by atoms with Crippen LogP contribution in [0.2, 0.25) is 0 Å². The lowest BCUT2D eigenvalue weighted by Gasteiger charge is -2.41. The maximum Gasteiger partial charge on any atom is 0.306 e. The van der Waals surface area contributed by atoms with Crippen LogP contribution in [0.15, 0.2) is 0 Å². The summed E-state index contributed by atoms with van der Waals surface area (Å²) in [7, 11) is 0. The van der Waals surface area contributed by atoms with Gasteiger partial charge in [-0.25, -0.2) is 0 Å². The number of amides is 1. The summed E-state index contributed by atoms with van der Waals surface area (Å²) in [6.45, 7) is 8.58. The van der Waals surface area contributed by atoms with Crippen molar-refractivity contribution in [2.75, 3.05) is 6.61 Å². The van der Waals surface area contributed by atoms with Crippen LogP contribution >= 0.6 is 0 Å². The van der Waals surface area contributed by atoms with E-state index in [1.165, 1.54) is 6.61 Å². The second-order valence-corrected chi connectivity index (χ2v) is 7.50. The lowest BCUT2D eigenvalue weighted by atomic mass is 9.97. The highest BCUT2D eigenvalue weighted by Gasteiger charge is 2.46. The molecule has 0 aromatic carbocycles. The monoisotopic (exact) mass is 442 g/mol. The van der Waals surface area contributed by atoms with Gasteiger partial charge >= 0.3 is 17.9 Å². The van der Waals surface area contributed by atoms with E-state index >= 15 is 0 Å². The highest BCUT2D eigenvalue weighted by Crippen LogP contribution is 2.26. The molecule has 1 N–H and O–H groups in total. The second-order valence-electron chi connectivity index (χ2n) is 7.50. The predicted octanol–water partition coefficient (Wildman–Crippen LogP) is 2.60. The van der Waals surface area contributed by atoms with Gasteiger partial charge in [0.2, 0.25) is 5.91 Å². The normalized spacial score (nSPS) is 23.0. The second kappa shape index (κ2) is 14.8. The van der Waals surface area contributed by atoms with E-state index in [9.17, 15) is 19.2 Å². The third-order valence-electron chi connectivity index (χ3n) is 4.55. The van der Waals surface area contributed by atoms with Crippen LogP contribution in [0.4, 0.5) is 0 Å². The summed E-state index contributed by atoms with van der Waals surface area (Å²) in [4.78, 5) is 48.5. The minimum atomic E-state index is -1.04. The van der Waals surface area contributed by atoms with Crippen molar-refractivity contribution in [3.8, 4) is 0 Å². The van der Waals surface area contributed by atoms with Gasteiger partial charge in [0.1, 0.15) is 19.3 Å². The van der Waals surface area contributed by atoms with E-state index < -0.39 is 42.3 Å². The van der Waals surface area contributed by atoms with Gasteiger partial charge < -0.3 is 24.3 Å². The van der Waals surface area contributed by atoms with E-state index in [0.717, 1.165) is 0 Å². The van der Waals surface area contributed by atoms with Gasteiger partial charge in [0, 0.05) is 25.7 Å². The Hall–Kier alpha value is -2.16. The number of rotatable bonds is 13. The molecule has 0 saturated carbocycles. The summed E-state index contributed by atoms with van der Waals surface area (Å²) in [5.74, 6) is -1.60. The molecule has 1 aliphatic rings. The molecule has 9 nitrogen and oxygen atoms in total. The zero-order valence-electron chi connectivity index (χ0n) is 19.0. The summed E-state index contributed by atoms with van der Waals surface area (Å²) in [6, 6.07) is -0.804. The zero-order chi connectivity index (χ0) is 23.2. The Bertz CT molecular complexity index is 594. The Morgan fingerprint density at radius 2 is 1.29 bits per heavy atom. The number of nitrogens with one attached hydrogen (secondary N) is 1. The molecule has 0 spiro atoms. The van der Waals surface area contributed by atoms with Crippen LogP contribution in [0.1, 0.15) is 79.1 Å². The quantitative estimate of drug-likeness (QED) is 0.342. The Kier molecular flexibility index (Phi) is 12.8. The highest BCUT2D eigenvalue weighted by atomic mass is 16.6. The van der Waals surface area contributed by atoms with Crippen LogP contribution in [0.5, 0.6) is 0 Å². The van der Waals surface area contributed by atoms with Crippen LogP contribution in [0.3, 0.4) is 0 Å². The summed E-state index contributed by atoms with van der Waals surface area (Å²) < 4.78 is 22.1. The predicted molar refractivity (Wildman–Crippen MR) is 111 cm³/mol. The van der Waals surface area contributed by atoms with Gasteiger partial charge in [-0.3, -0.25) is 19.2 Å². The Morgan fingerprint density at radius 1 is 0.774 bits per heavy atom. The van der Waals surface area contributed by atoms with Crippen molar-refractivity contribution in [1.29, 1.82) is 0 Å². The zero-order valence-corrected chi connectivity index (χ0v) is 19.0. The molecule has 4 atom stereocenters. The molecular weight excluding hydrogens is 406 g/mol. The minimum absolute atomic E-state index is 0.170. The molecule has 9 heteroatoms. The minimum Gasteiger partial charge on any atom is -0.463 e. The first-order valence-corrected chi connectivity index (χ1v) is 11.2. The molecule has 1 saturated heterocycles. The Labute approximate surface area is 184 Å². The summed E-state index contributed by atoms with van der Waals surface area (Å²) in [6.07, 6.45) is 0.432. The fourth-order valence-electron chi connectivity index (χ4n) is 3.06. The van der Waals surface area contributed by atoms with Crippen LogP contribution in [0.25, 0.3) is 0 Å². The Balaban J connectivity index is 3.08. The number of ether oxygens (including phenoxy) is 4. The standard InChI is InChI=1S/C22H36NO8/c1-5-9-17(24)23-15-13-28-16(14-29-18(25)10-6-2)22(31-20(27)12-8-4)21(15)30-19(26)11-7-3/h13,15-16,21-22H,5-12,14H2,1-4H3,(H,23,24)/t15-,16+,21+,22+/m0/s1. The molecule has 1 radical (unpaired) electrons. The van der Waals surface area contributed by atoms with Crippen molar-refractivity contribution < 1.29 is 38.1 Å². The van der Waals surface area contributed by atoms with Gasteiger partial charge in [0.25, 0.3) is 0 Å². The number of carbonyl (C=O) groups excluding carboxylic acids is 4. The third kappa shape index (κ3) is 9.67. The van der Waals surface area contributed by atoms with E-state index in [1.807, 2.05) is 27.7 Å². The molecule has 1 heterocycles. The molecule has 0 aromatic heterocycles. The van der Waals surface area contributed by atoms with Crippen LogP contribution in [-0.4, -0.2) is 54.8 Å². The Morgan fingerprint density at radius 3 is 1.84 bits per heavy atom. The molecule has 0 aliphatic carbocycles. The molecule has 1 aliphatic heterocycles. The van der Waals surface area contributed by atoms with Crippen molar-refractivity contribution in [2.45, 2.75) is 103 Å². The van der Waals surface area contributed by atoms with E-state index in [0.29, 0.717) is 25.7 Å². The van der Waals surface area contributed by atoms with Crippen molar-refractivity contribution in [3.63, 3.8) is 0 Å². The lowest BCUT2D eigenvalue weighted by molar-refractivity contribution is -0.200. The van der Waals surface area contributed by atoms with Gasteiger partial charge in [-0.2, -0.15) is 0 Å². The van der Waals surface area contributed by atoms with Crippen LogP contribution in [0, 0.1) is 6.61 Å². The number of hydrogen-bond acceptors (Lipinski definition) is 8. The van der Waals surface area contributed by atoms with Gasteiger partial charge in [0.05, 0.1) is 6.04 Å². The fourth-order valence-corrected chi connectivity index (χ4v) is 3.06. The number of hydrogen-bond donors (Lipinski definition) is 1. The first-order chi connectivity index (χ1) is 14.9. The molecule has 31 heavy (non-hydrogen) atoms. The van der Waals surface area contributed by atoms with Gasteiger partial charge in [0.15, 0.2) is 12.2 Å². The smallest absolute Gasteiger partial charge is 0.306 e. The first-order valence-electron chi connectivity index (χ1n) is 11.2. The highest BCUT2D eigenvalue weighted by molar-refractivity contribution is 5.76. The fraction of sp³-hybridized carbons (Fsp3) is 0.773. The molecule has 177 valence electrons. The molecule has 1 amide bonds. The van der Waals surface area contributed by atoms with Gasteiger partial charge in [-0.05, 0) is 25.7 Å². The van der Waals surface area contributed by atoms with Gasteiger partial charge in [-0.15, -0.1) is 0 Å². The summed E-state index contributed by atoms with van der Waals surface area (Å²) in [5, 5.41) is 2.76. The average Bonchev–Trinajstić information content (AvgIpc) is 2.70.